The molecule has 0 aliphatic rings. The first kappa shape index (κ1) is 18.6. The molecule has 2 aromatic heterocycles. The number of rotatable bonds is 7. The number of hydrogen-bond donors (Lipinski definition) is 2. The van der Waals surface area contributed by atoms with Crippen molar-refractivity contribution >= 4 is 23.3 Å². The zero-order valence-electron chi connectivity index (χ0n) is 14.6. The maximum absolute atomic E-state index is 12.0. The van der Waals surface area contributed by atoms with E-state index in [2.05, 4.69) is 15.6 Å². The van der Waals surface area contributed by atoms with Gasteiger partial charge in [-0.1, -0.05) is 42.5 Å². The number of benzene rings is 1. The van der Waals surface area contributed by atoms with Gasteiger partial charge in [0.15, 0.2) is 0 Å². The highest BCUT2D eigenvalue weighted by molar-refractivity contribution is 7.13. The van der Waals surface area contributed by atoms with E-state index in [0.717, 1.165) is 21.7 Å². The molecule has 0 radical (unpaired) electrons. The van der Waals surface area contributed by atoms with Crippen LogP contribution in [-0.2, 0) is 22.7 Å². The van der Waals surface area contributed by atoms with Gasteiger partial charge in [0.05, 0.1) is 10.6 Å². The van der Waals surface area contributed by atoms with Gasteiger partial charge >= 0.3 is 6.09 Å². The molecule has 27 heavy (non-hydrogen) atoms. The highest BCUT2D eigenvalue weighted by Crippen LogP contribution is 2.25. The molecular formula is C20H19N3O3S. The predicted octanol–water partition coefficient (Wildman–Crippen LogP) is 3.35. The summed E-state index contributed by atoms with van der Waals surface area (Å²) in [5.41, 5.74) is 2.65. The summed E-state index contributed by atoms with van der Waals surface area (Å²) in [6.45, 7) is 0.344. The molecule has 0 aliphatic heterocycles. The van der Waals surface area contributed by atoms with Crippen LogP contribution >= 0.6 is 11.3 Å². The molecule has 3 aromatic rings. The molecule has 138 valence electrons. The molecule has 2 N–H and O–H groups in total. The second-order valence-corrected chi connectivity index (χ2v) is 6.63. The van der Waals surface area contributed by atoms with Crippen molar-refractivity contribution in [1.29, 1.82) is 0 Å². The molecule has 0 atom stereocenters. The molecule has 2 amide bonds. The van der Waals surface area contributed by atoms with E-state index in [1.54, 1.807) is 17.5 Å². The van der Waals surface area contributed by atoms with Gasteiger partial charge in [0, 0.05) is 12.7 Å². The van der Waals surface area contributed by atoms with Gasteiger partial charge in [0.1, 0.15) is 13.2 Å². The van der Waals surface area contributed by atoms with E-state index in [1.807, 2.05) is 60.0 Å². The number of carbonyl (C=O) groups is 2. The Balaban J connectivity index is 1.43. The van der Waals surface area contributed by atoms with E-state index in [0.29, 0.717) is 6.54 Å². The monoisotopic (exact) mass is 381 g/mol. The van der Waals surface area contributed by atoms with Crippen molar-refractivity contribution in [1.82, 2.24) is 15.6 Å². The third-order valence-corrected chi connectivity index (χ3v) is 4.60. The molecule has 2 heterocycles. The van der Waals surface area contributed by atoms with Gasteiger partial charge in [-0.25, -0.2) is 4.79 Å². The Kier molecular flexibility index (Phi) is 6.54. The van der Waals surface area contributed by atoms with Gasteiger partial charge in [-0.2, -0.15) is 0 Å². The fourth-order valence-corrected chi connectivity index (χ4v) is 3.16. The smallest absolute Gasteiger partial charge is 0.407 e. The number of aromatic nitrogens is 1. The lowest BCUT2D eigenvalue weighted by atomic mass is 10.1. The van der Waals surface area contributed by atoms with Crippen LogP contribution in [0.4, 0.5) is 4.79 Å². The fourth-order valence-electron chi connectivity index (χ4n) is 2.40. The Morgan fingerprint density at radius 3 is 2.63 bits per heavy atom. The number of nitrogens with one attached hydrogen (secondary N) is 2. The van der Waals surface area contributed by atoms with E-state index in [9.17, 15) is 9.59 Å². The van der Waals surface area contributed by atoms with Crippen LogP contribution < -0.4 is 10.6 Å². The second-order valence-electron chi connectivity index (χ2n) is 5.68. The summed E-state index contributed by atoms with van der Waals surface area (Å²) in [6, 6.07) is 17.0. The summed E-state index contributed by atoms with van der Waals surface area (Å²) in [6.07, 6.45) is 1.10. The lowest BCUT2D eigenvalue weighted by Crippen LogP contribution is -2.36. The molecule has 3 rings (SSSR count). The van der Waals surface area contributed by atoms with Crippen molar-refractivity contribution in [2.24, 2.45) is 0 Å². The van der Waals surface area contributed by atoms with Gasteiger partial charge in [0.25, 0.3) is 0 Å². The maximum atomic E-state index is 12.0. The van der Waals surface area contributed by atoms with E-state index in [4.69, 9.17) is 4.74 Å². The minimum Gasteiger partial charge on any atom is -0.445 e. The molecule has 6 nitrogen and oxygen atoms in total. The quantitative estimate of drug-likeness (QED) is 0.658. The maximum Gasteiger partial charge on any atom is 0.407 e. The van der Waals surface area contributed by atoms with Crippen molar-refractivity contribution in [2.45, 2.75) is 13.2 Å². The Morgan fingerprint density at radius 2 is 1.85 bits per heavy atom. The van der Waals surface area contributed by atoms with Crippen LogP contribution in [-0.4, -0.2) is 23.5 Å². The molecule has 0 bridgehead atoms. The van der Waals surface area contributed by atoms with Crippen LogP contribution in [0.25, 0.3) is 10.6 Å². The van der Waals surface area contributed by atoms with E-state index < -0.39 is 6.09 Å². The van der Waals surface area contributed by atoms with Crippen LogP contribution in [0.15, 0.2) is 66.2 Å². The van der Waals surface area contributed by atoms with Gasteiger partial charge in [-0.15, -0.1) is 11.3 Å². The largest absolute Gasteiger partial charge is 0.445 e. The Labute approximate surface area is 161 Å². The summed E-state index contributed by atoms with van der Waals surface area (Å²) >= 11 is 1.59. The number of pyridine rings is 1. The van der Waals surface area contributed by atoms with Crippen LogP contribution in [0.2, 0.25) is 0 Å². The molecule has 0 unspecified atom stereocenters. The first-order valence-corrected chi connectivity index (χ1v) is 9.29. The summed E-state index contributed by atoms with van der Waals surface area (Å²) in [4.78, 5) is 29.1. The van der Waals surface area contributed by atoms with E-state index in [1.165, 1.54) is 0 Å². The Hall–Kier alpha value is -3.19. The van der Waals surface area contributed by atoms with Crippen LogP contribution in [0.5, 0.6) is 0 Å². The predicted molar refractivity (Wildman–Crippen MR) is 104 cm³/mol. The summed E-state index contributed by atoms with van der Waals surface area (Å²) in [5.74, 6) is -0.298. The average molecular weight is 381 g/mol. The normalized spacial score (nSPS) is 10.2. The van der Waals surface area contributed by atoms with Crippen molar-refractivity contribution in [2.75, 3.05) is 6.54 Å². The molecule has 1 aromatic carbocycles. The summed E-state index contributed by atoms with van der Waals surface area (Å²) in [7, 11) is 0. The van der Waals surface area contributed by atoms with E-state index >= 15 is 0 Å². The zero-order chi connectivity index (χ0) is 18.9. The number of nitrogens with zero attached hydrogens (tertiary/aromatic N) is 1. The lowest BCUT2D eigenvalue weighted by molar-refractivity contribution is -0.120. The third-order valence-electron chi connectivity index (χ3n) is 3.73. The Bertz CT molecular complexity index is 883. The number of thiophene rings is 1. The topological polar surface area (TPSA) is 80.3 Å². The van der Waals surface area contributed by atoms with Crippen molar-refractivity contribution < 1.29 is 14.3 Å². The number of amides is 2. The van der Waals surface area contributed by atoms with Gasteiger partial charge in [-0.3, -0.25) is 9.78 Å². The minimum absolute atomic E-state index is 0.151. The molecule has 0 saturated heterocycles. The highest BCUT2D eigenvalue weighted by atomic mass is 32.1. The van der Waals surface area contributed by atoms with E-state index in [-0.39, 0.29) is 19.1 Å². The zero-order valence-corrected chi connectivity index (χ0v) is 15.4. The standard InChI is InChI=1S/C20H19N3O3S/c24-18(13-23-20(25)26-14-15-6-2-1-3-7-15)22-12-16-8-4-10-21-19(16)17-9-5-11-27-17/h1-11H,12-14H2,(H,22,24)(H,23,25). The fraction of sp³-hybridized carbons (Fsp3) is 0.150. The van der Waals surface area contributed by atoms with Crippen LogP contribution in [0.3, 0.4) is 0 Å². The number of hydrogen-bond acceptors (Lipinski definition) is 5. The first-order chi connectivity index (χ1) is 13.2. The van der Waals surface area contributed by atoms with Crippen molar-refractivity contribution in [3.8, 4) is 10.6 Å². The summed E-state index contributed by atoms with van der Waals surface area (Å²) in [5, 5.41) is 7.21. The number of alkyl carbamates (subject to hydrolysis) is 1. The second kappa shape index (κ2) is 9.49. The SMILES string of the molecule is O=C(CNC(=O)OCc1ccccc1)NCc1cccnc1-c1cccs1. The lowest BCUT2D eigenvalue weighted by Gasteiger charge is -2.10. The molecule has 7 heteroatoms. The Morgan fingerprint density at radius 1 is 1.00 bits per heavy atom. The molecule has 0 aliphatic carbocycles. The highest BCUT2D eigenvalue weighted by Gasteiger charge is 2.10. The average Bonchev–Trinajstić information content (AvgIpc) is 3.25. The molecular weight excluding hydrogens is 362 g/mol. The number of carbonyl (C=O) groups excluding carboxylic acids is 2. The first-order valence-electron chi connectivity index (χ1n) is 8.41. The van der Waals surface area contributed by atoms with Gasteiger partial charge < -0.3 is 15.4 Å². The molecule has 0 spiro atoms. The minimum atomic E-state index is -0.630. The third kappa shape index (κ3) is 5.65. The van der Waals surface area contributed by atoms with Gasteiger partial charge in [0.2, 0.25) is 5.91 Å². The van der Waals surface area contributed by atoms with Gasteiger partial charge in [-0.05, 0) is 28.6 Å². The van der Waals surface area contributed by atoms with Crippen LogP contribution in [0, 0.1) is 0 Å². The van der Waals surface area contributed by atoms with Crippen molar-refractivity contribution in [3.05, 3.63) is 77.3 Å². The summed E-state index contributed by atoms with van der Waals surface area (Å²) < 4.78 is 5.07. The van der Waals surface area contributed by atoms with Crippen LogP contribution in [0.1, 0.15) is 11.1 Å². The number of ether oxygens (including phenoxy) is 1. The molecule has 0 saturated carbocycles. The van der Waals surface area contributed by atoms with Crippen molar-refractivity contribution in [3.63, 3.8) is 0 Å². The molecule has 0 fully saturated rings.